The van der Waals surface area contributed by atoms with Gasteiger partial charge in [0, 0.05) is 6.42 Å². The Morgan fingerprint density at radius 1 is 1.03 bits per heavy atom. The predicted molar refractivity (Wildman–Crippen MR) is 124 cm³/mol. The van der Waals surface area contributed by atoms with E-state index in [9.17, 15) is 9.90 Å². The molecule has 0 radical (unpaired) electrons. The highest BCUT2D eigenvalue weighted by Gasteiger charge is 2.62. The fourth-order valence-electron chi connectivity index (χ4n) is 8.55. The third-order valence-corrected chi connectivity index (χ3v) is 11.0. The lowest BCUT2D eigenvalue weighted by atomic mass is 9.45. The molecular formula is C28H46O2. The first-order chi connectivity index (χ1) is 14.1. The van der Waals surface area contributed by atoms with Crippen LogP contribution in [-0.2, 0) is 4.79 Å². The van der Waals surface area contributed by atoms with Crippen LogP contribution in [0, 0.1) is 52.3 Å². The van der Waals surface area contributed by atoms with Crippen molar-refractivity contribution < 1.29 is 9.90 Å². The van der Waals surface area contributed by atoms with Crippen LogP contribution in [-0.4, -0.2) is 17.0 Å². The number of hydrogen-bond acceptors (Lipinski definition) is 2. The van der Waals surface area contributed by atoms with Crippen LogP contribution in [0.25, 0.3) is 0 Å². The van der Waals surface area contributed by atoms with Crippen molar-refractivity contribution in [2.45, 2.75) is 105 Å². The number of hydrogen-bond donors (Lipinski definition) is 1. The molecule has 1 unspecified atom stereocenters. The Kier molecular flexibility index (Phi) is 6.06. The van der Waals surface area contributed by atoms with E-state index in [1.807, 2.05) is 6.08 Å². The number of rotatable bonds is 5. The first-order valence-corrected chi connectivity index (χ1v) is 13.0. The Balaban J connectivity index is 1.54. The molecule has 1 N–H and O–H groups in total. The monoisotopic (exact) mass is 414 g/mol. The lowest BCUT2D eigenvalue weighted by molar-refractivity contribution is -0.141. The van der Waals surface area contributed by atoms with Crippen molar-refractivity contribution in [3.63, 3.8) is 0 Å². The molecule has 170 valence electrons. The Morgan fingerprint density at radius 2 is 1.77 bits per heavy atom. The lowest BCUT2D eigenvalue weighted by Gasteiger charge is -2.60. The van der Waals surface area contributed by atoms with Gasteiger partial charge < -0.3 is 5.11 Å². The summed E-state index contributed by atoms with van der Waals surface area (Å²) < 4.78 is 0. The smallest absolute Gasteiger partial charge is 0.155 e. The zero-order chi connectivity index (χ0) is 21.8. The molecule has 2 heteroatoms. The van der Waals surface area contributed by atoms with E-state index in [1.165, 1.54) is 37.7 Å². The summed E-state index contributed by atoms with van der Waals surface area (Å²) in [7, 11) is 0. The van der Waals surface area contributed by atoms with Gasteiger partial charge in [0.15, 0.2) is 5.78 Å². The van der Waals surface area contributed by atoms with E-state index in [4.69, 9.17) is 0 Å². The molecule has 0 spiro atoms. The van der Waals surface area contributed by atoms with Gasteiger partial charge in [-0.15, -0.1) is 0 Å². The lowest BCUT2D eigenvalue weighted by Crippen LogP contribution is -2.56. The minimum absolute atomic E-state index is 0.0870. The van der Waals surface area contributed by atoms with E-state index in [0.717, 1.165) is 37.0 Å². The number of carbonyl (C=O) groups excluding carboxylic acids is 1. The van der Waals surface area contributed by atoms with E-state index in [-0.39, 0.29) is 16.9 Å². The maximum atomic E-state index is 12.1. The molecule has 30 heavy (non-hydrogen) atoms. The molecule has 0 heterocycles. The second-order valence-electron chi connectivity index (χ2n) is 12.5. The van der Waals surface area contributed by atoms with Gasteiger partial charge in [-0.25, -0.2) is 0 Å². The Hall–Kier alpha value is -0.630. The molecule has 4 aliphatic rings. The molecule has 0 aromatic rings. The quantitative estimate of drug-likeness (QED) is 0.536. The van der Waals surface area contributed by atoms with Crippen molar-refractivity contribution >= 4 is 5.78 Å². The Labute approximate surface area is 185 Å². The number of aliphatic hydroxyl groups excluding tert-OH is 1. The summed E-state index contributed by atoms with van der Waals surface area (Å²) in [4.78, 5) is 12.1. The summed E-state index contributed by atoms with van der Waals surface area (Å²) in [6, 6.07) is 0. The predicted octanol–water partition coefficient (Wildman–Crippen LogP) is 6.81. The summed E-state index contributed by atoms with van der Waals surface area (Å²) in [6.45, 7) is 14.4. The maximum Gasteiger partial charge on any atom is 0.155 e. The number of ketones is 1. The molecule has 3 saturated carbocycles. The van der Waals surface area contributed by atoms with Gasteiger partial charge in [-0.2, -0.15) is 0 Å². The number of fused-ring (bicyclic) bond motifs is 5. The SMILES string of the molecule is CC(C)[C@@H](C)CC[C@@H](C)[C@H]1CC[C@H]2[C@@H]3CCC4=CC(=O)CC[C@]4(C)[C@H]3CC(O)[C@]12C. The standard InChI is InChI=1S/C28H46O2/c1-17(2)18(3)7-8-19(4)23-11-12-24-22-10-9-20-15-21(29)13-14-27(20,5)25(22)16-26(30)28(23,24)6/h15,17-19,22-26,30H,7-14,16H2,1-6H3/t18-,19+,22-,23+,24-,25-,26?,27-,28+/m0/s1. The van der Waals surface area contributed by atoms with Gasteiger partial charge in [0.05, 0.1) is 6.10 Å². The molecule has 2 nitrogen and oxygen atoms in total. The third-order valence-electron chi connectivity index (χ3n) is 11.0. The van der Waals surface area contributed by atoms with Crippen molar-refractivity contribution in [2.75, 3.05) is 0 Å². The van der Waals surface area contributed by atoms with Crippen LogP contribution in [0.15, 0.2) is 11.6 Å². The van der Waals surface area contributed by atoms with Crippen LogP contribution in [0.1, 0.15) is 99.3 Å². The molecule has 0 saturated heterocycles. The molecule has 0 amide bonds. The first kappa shape index (κ1) is 22.6. The summed E-state index contributed by atoms with van der Waals surface area (Å²) >= 11 is 0. The second kappa shape index (κ2) is 8.05. The van der Waals surface area contributed by atoms with Gasteiger partial charge >= 0.3 is 0 Å². The highest BCUT2D eigenvalue weighted by atomic mass is 16.3. The van der Waals surface area contributed by atoms with Crippen LogP contribution >= 0.6 is 0 Å². The van der Waals surface area contributed by atoms with Crippen molar-refractivity contribution in [3.05, 3.63) is 11.6 Å². The van der Waals surface area contributed by atoms with Gasteiger partial charge in [-0.3, -0.25) is 4.79 Å². The van der Waals surface area contributed by atoms with E-state index in [2.05, 4.69) is 41.5 Å². The van der Waals surface area contributed by atoms with Crippen molar-refractivity contribution in [3.8, 4) is 0 Å². The number of aliphatic hydroxyl groups is 1. The maximum absolute atomic E-state index is 12.1. The molecule has 0 bridgehead atoms. The summed E-state index contributed by atoms with van der Waals surface area (Å²) in [6.07, 6.45) is 12.0. The van der Waals surface area contributed by atoms with Gasteiger partial charge in [-0.1, -0.05) is 60.0 Å². The average molecular weight is 415 g/mol. The topological polar surface area (TPSA) is 37.3 Å². The van der Waals surface area contributed by atoms with Gasteiger partial charge in [0.25, 0.3) is 0 Å². The zero-order valence-corrected chi connectivity index (χ0v) is 20.4. The van der Waals surface area contributed by atoms with Gasteiger partial charge in [-0.05, 0) is 96.9 Å². The van der Waals surface area contributed by atoms with E-state index < -0.39 is 0 Å². The first-order valence-electron chi connectivity index (χ1n) is 13.0. The van der Waals surface area contributed by atoms with E-state index >= 15 is 0 Å². The minimum Gasteiger partial charge on any atom is -0.393 e. The Morgan fingerprint density at radius 3 is 2.47 bits per heavy atom. The molecule has 0 aliphatic heterocycles. The van der Waals surface area contributed by atoms with Crippen molar-refractivity contribution in [1.29, 1.82) is 0 Å². The van der Waals surface area contributed by atoms with Crippen molar-refractivity contribution in [2.24, 2.45) is 52.3 Å². The number of allylic oxidation sites excluding steroid dienone is 1. The molecule has 4 aliphatic carbocycles. The van der Waals surface area contributed by atoms with Crippen LogP contribution in [0.2, 0.25) is 0 Å². The summed E-state index contributed by atoms with van der Waals surface area (Å²) in [5.41, 5.74) is 1.64. The highest BCUT2D eigenvalue weighted by Crippen LogP contribution is 2.67. The number of carbonyl (C=O) groups is 1. The average Bonchev–Trinajstić information content (AvgIpc) is 3.06. The van der Waals surface area contributed by atoms with E-state index in [0.29, 0.717) is 35.9 Å². The van der Waals surface area contributed by atoms with Crippen LogP contribution in [0.5, 0.6) is 0 Å². The van der Waals surface area contributed by atoms with Crippen LogP contribution < -0.4 is 0 Å². The third kappa shape index (κ3) is 3.44. The minimum atomic E-state index is -0.185. The van der Waals surface area contributed by atoms with Crippen LogP contribution in [0.4, 0.5) is 0 Å². The fraction of sp³-hybridized carbons (Fsp3) is 0.893. The second-order valence-corrected chi connectivity index (χ2v) is 12.5. The van der Waals surface area contributed by atoms with Crippen molar-refractivity contribution in [1.82, 2.24) is 0 Å². The molecule has 4 rings (SSSR count). The van der Waals surface area contributed by atoms with Crippen LogP contribution in [0.3, 0.4) is 0 Å². The largest absolute Gasteiger partial charge is 0.393 e. The van der Waals surface area contributed by atoms with E-state index in [1.54, 1.807) is 0 Å². The summed E-state index contributed by atoms with van der Waals surface area (Å²) in [5, 5.41) is 11.6. The zero-order valence-electron chi connectivity index (χ0n) is 20.4. The summed E-state index contributed by atoms with van der Waals surface area (Å²) in [5.74, 6) is 5.21. The normalized spacial score (nSPS) is 45.4. The Bertz CT molecular complexity index is 693. The molecule has 9 atom stereocenters. The fourth-order valence-corrected chi connectivity index (χ4v) is 8.55. The highest BCUT2D eigenvalue weighted by molar-refractivity contribution is 5.91. The molecule has 3 fully saturated rings. The van der Waals surface area contributed by atoms with Gasteiger partial charge in [0.1, 0.15) is 0 Å². The molecular weight excluding hydrogens is 368 g/mol. The van der Waals surface area contributed by atoms with Gasteiger partial charge in [0.2, 0.25) is 0 Å². The molecule has 0 aromatic heterocycles. The molecule has 0 aromatic carbocycles.